The predicted molar refractivity (Wildman–Crippen MR) is 68.8 cm³/mol. The molecule has 0 aliphatic rings. The lowest BCUT2D eigenvalue weighted by molar-refractivity contribution is -0.124. The Bertz CT molecular complexity index is 458. The normalized spacial score (nSPS) is 10.2. The SMILES string of the molecule is CC(C)NC(=O)COC(=O)c1ccc(N)cc1N. The number of anilines is 2. The lowest BCUT2D eigenvalue weighted by atomic mass is 10.1. The van der Waals surface area contributed by atoms with Crippen molar-refractivity contribution in [2.45, 2.75) is 19.9 Å². The Morgan fingerprint density at radius 3 is 2.56 bits per heavy atom. The van der Waals surface area contributed by atoms with Crippen LogP contribution in [-0.2, 0) is 9.53 Å². The summed E-state index contributed by atoms with van der Waals surface area (Å²) in [5.41, 5.74) is 12.0. The molecule has 6 nitrogen and oxygen atoms in total. The van der Waals surface area contributed by atoms with Gasteiger partial charge < -0.3 is 21.5 Å². The van der Waals surface area contributed by atoms with E-state index in [-0.39, 0.29) is 29.8 Å². The van der Waals surface area contributed by atoms with E-state index in [2.05, 4.69) is 5.32 Å². The summed E-state index contributed by atoms with van der Waals surface area (Å²) in [4.78, 5) is 22.9. The molecule has 0 unspecified atom stereocenters. The smallest absolute Gasteiger partial charge is 0.340 e. The van der Waals surface area contributed by atoms with E-state index in [1.165, 1.54) is 12.1 Å². The highest BCUT2D eigenvalue weighted by atomic mass is 16.5. The molecule has 0 aromatic heterocycles. The van der Waals surface area contributed by atoms with Crippen molar-refractivity contribution in [3.8, 4) is 0 Å². The maximum absolute atomic E-state index is 11.6. The van der Waals surface area contributed by atoms with Crippen molar-refractivity contribution in [2.75, 3.05) is 18.1 Å². The Morgan fingerprint density at radius 1 is 1.33 bits per heavy atom. The number of rotatable bonds is 4. The Morgan fingerprint density at radius 2 is 2.00 bits per heavy atom. The zero-order valence-corrected chi connectivity index (χ0v) is 10.4. The van der Waals surface area contributed by atoms with Crippen LogP contribution >= 0.6 is 0 Å². The van der Waals surface area contributed by atoms with Crippen molar-refractivity contribution < 1.29 is 14.3 Å². The van der Waals surface area contributed by atoms with Crippen LogP contribution < -0.4 is 16.8 Å². The van der Waals surface area contributed by atoms with Crippen molar-refractivity contribution in [3.63, 3.8) is 0 Å². The number of hydrogen-bond donors (Lipinski definition) is 3. The molecular weight excluding hydrogens is 234 g/mol. The highest BCUT2D eigenvalue weighted by Gasteiger charge is 2.13. The largest absolute Gasteiger partial charge is 0.452 e. The minimum absolute atomic E-state index is 0.00204. The Labute approximate surface area is 105 Å². The van der Waals surface area contributed by atoms with Gasteiger partial charge >= 0.3 is 5.97 Å². The molecule has 1 amide bonds. The Balaban J connectivity index is 2.58. The number of carbonyl (C=O) groups excluding carboxylic acids is 2. The Kier molecular flexibility index (Phi) is 4.53. The number of ether oxygens (including phenoxy) is 1. The van der Waals surface area contributed by atoms with E-state index in [4.69, 9.17) is 16.2 Å². The number of nitrogen functional groups attached to an aromatic ring is 2. The molecule has 6 heteroatoms. The summed E-state index contributed by atoms with van der Waals surface area (Å²) < 4.78 is 4.84. The van der Waals surface area contributed by atoms with Crippen LogP contribution in [0.25, 0.3) is 0 Å². The standard InChI is InChI=1S/C12H17N3O3/c1-7(2)15-11(16)6-18-12(17)9-4-3-8(13)5-10(9)14/h3-5,7H,6,13-14H2,1-2H3,(H,15,16). The van der Waals surface area contributed by atoms with Crippen LogP contribution in [-0.4, -0.2) is 24.5 Å². The first-order chi connectivity index (χ1) is 8.40. The van der Waals surface area contributed by atoms with Gasteiger partial charge in [0.1, 0.15) is 0 Å². The van der Waals surface area contributed by atoms with Gasteiger partial charge in [-0.25, -0.2) is 4.79 Å². The molecule has 1 rings (SSSR count). The van der Waals surface area contributed by atoms with E-state index >= 15 is 0 Å². The Hall–Kier alpha value is -2.24. The third kappa shape index (κ3) is 3.97. The quantitative estimate of drug-likeness (QED) is 0.534. The summed E-state index contributed by atoms with van der Waals surface area (Å²) in [6.45, 7) is 3.30. The average Bonchev–Trinajstić information content (AvgIpc) is 2.25. The highest BCUT2D eigenvalue weighted by Crippen LogP contribution is 2.16. The molecule has 5 N–H and O–H groups in total. The van der Waals surface area contributed by atoms with Gasteiger partial charge in [-0.05, 0) is 32.0 Å². The summed E-state index contributed by atoms with van der Waals surface area (Å²) in [5, 5.41) is 2.61. The molecule has 0 saturated carbocycles. The highest BCUT2D eigenvalue weighted by molar-refractivity contribution is 5.96. The molecule has 98 valence electrons. The van der Waals surface area contributed by atoms with Crippen molar-refractivity contribution in [2.24, 2.45) is 0 Å². The monoisotopic (exact) mass is 251 g/mol. The van der Waals surface area contributed by atoms with Gasteiger partial charge in [0.15, 0.2) is 6.61 Å². The van der Waals surface area contributed by atoms with Crippen LogP contribution in [0.3, 0.4) is 0 Å². The van der Waals surface area contributed by atoms with Gasteiger partial charge in [-0.2, -0.15) is 0 Å². The maximum atomic E-state index is 11.6. The average molecular weight is 251 g/mol. The molecule has 1 aromatic carbocycles. The van der Waals surface area contributed by atoms with Crippen LogP contribution in [0.15, 0.2) is 18.2 Å². The molecule has 1 aromatic rings. The van der Waals surface area contributed by atoms with E-state index in [1.807, 2.05) is 13.8 Å². The van der Waals surface area contributed by atoms with Crippen molar-refractivity contribution in [3.05, 3.63) is 23.8 Å². The van der Waals surface area contributed by atoms with Gasteiger partial charge in [-0.3, -0.25) is 4.79 Å². The number of esters is 1. The van der Waals surface area contributed by atoms with Gasteiger partial charge in [-0.15, -0.1) is 0 Å². The van der Waals surface area contributed by atoms with Crippen molar-refractivity contribution in [1.82, 2.24) is 5.32 Å². The number of benzene rings is 1. The van der Waals surface area contributed by atoms with Crippen molar-refractivity contribution in [1.29, 1.82) is 0 Å². The molecule has 0 heterocycles. The van der Waals surface area contributed by atoms with Gasteiger partial charge in [0.05, 0.1) is 5.56 Å². The van der Waals surface area contributed by atoms with E-state index < -0.39 is 5.97 Å². The van der Waals surface area contributed by atoms with Crippen LogP contribution in [0.4, 0.5) is 11.4 Å². The first-order valence-corrected chi connectivity index (χ1v) is 5.51. The third-order valence-corrected chi connectivity index (χ3v) is 2.08. The third-order valence-electron chi connectivity index (χ3n) is 2.08. The maximum Gasteiger partial charge on any atom is 0.340 e. The molecular formula is C12H17N3O3. The fraction of sp³-hybridized carbons (Fsp3) is 0.333. The molecule has 18 heavy (non-hydrogen) atoms. The minimum atomic E-state index is -0.647. The molecule has 0 saturated heterocycles. The number of nitrogens with two attached hydrogens (primary N) is 2. The van der Waals surface area contributed by atoms with E-state index in [0.29, 0.717) is 5.69 Å². The zero-order chi connectivity index (χ0) is 13.7. The first-order valence-electron chi connectivity index (χ1n) is 5.51. The second-order valence-electron chi connectivity index (χ2n) is 4.15. The summed E-state index contributed by atoms with van der Waals surface area (Å²) in [5.74, 6) is -1.00. The van der Waals surface area contributed by atoms with Crippen LogP contribution in [0.2, 0.25) is 0 Å². The number of carbonyl (C=O) groups is 2. The summed E-state index contributed by atoms with van der Waals surface area (Å²) in [6, 6.07) is 4.47. The van der Waals surface area contributed by atoms with Crippen LogP contribution in [0, 0.1) is 0 Å². The lowest BCUT2D eigenvalue weighted by Gasteiger charge is -2.10. The number of nitrogens with one attached hydrogen (secondary N) is 1. The van der Waals surface area contributed by atoms with Gasteiger partial charge in [0, 0.05) is 17.4 Å². The first kappa shape index (κ1) is 13.8. The molecule has 0 radical (unpaired) electrons. The van der Waals surface area contributed by atoms with Crippen molar-refractivity contribution >= 4 is 23.3 Å². The number of hydrogen-bond acceptors (Lipinski definition) is 5. The molecule has 0 fully saturated rings. The summed E-state index contributed by atoms with van der Waals surface area (Å²) in [7, 11) is 0. The molecule has 0 aliphatic heterocycles. The van der Waals surface area contributed by atoms with Gasteiger partial charge in [-0.1, -0.05) is 0 Å². The topological polar surface area (TPSA) is 107 Å². The van der Waals surface area contributed by atoms with Gasteiger partial charge in [0.25, 0.3) is 5.91 Å². The predicted octanol–water partition coefficient (Wildman–Crippen LogP) is 0.532. The van der Waals surface area contributed by atoms with E-state index in [0.717, 1.165) is 0 Å². The van der Waals surface area contributed by atoms with Crippen LogP contribution in [0.5, 0.6) is 0 Å². The van der Waals surface area contributed by atoms with E-state index in [9.17, 15) is 9.59 Å². The summed E-state index contributed by atoms with van der Waals surface area (Å²) >= 11 is 0. The lowest BCUT2D eigenvalue weighted by Crippen LogP contribution is -2.34. The van der Waals surface area contributed by atoms with Gasteiger partial charge in [0.2, 0.25) is 0 Å². The zero-order valence-electron chi connectivity index (χ0n) is 10.4. The second kappa shape index (κ2) is 5.90. The molecule has 0 atom stereocenters. The molecule has 0 spiro atoms. The molecule has 0 aliphatic carbocycles. The van der Waals surface area contributed by atoms with E-state index in [1.54, 1.807) is 6.07 Å². The second-order valence-corrected chi connectivity index (χ2v) is 4.15. The fourth-order valence-electron chi connectivity index (χ4n) is 1.34. The number of amides is 1. The van der Waals surface area contributed by atoms with Crippen LogP contribution in [0.1, 0.15) is 24.2 Å². The fourth-order valence-corrected chi connectivity index (χ4v) is 1.34. The molecule has 0 bridgehead atoms. The minimum Gasteiger partial charge on any atom is -0.452 e. The summed E-state index contributed by atoms with van der Waals surface area (Å²) in [6.07, 6.45) is 0.